The molecule has 0 unspecified atom stereocenters. The van der Waals surface area contributed by atoms with Crippen molar-refractivity contribution < 1.29 is 28.3 Å². The largest absolute Gasteiger partial charge is 0.514 e. The normalized spacial score (nSPS) is 19.3. The predicted molar refractivity (Wildman–Crippen MR) is 140 cm³/mol. The molecule has 0 spiro atoms. The van der Waals surface area contributed by atoms with Gasteiger partial charge in [-0.15, -0.1) is 0 Å². The van der Waals surface area contributed by atoms with E-state index in [-0.39, 0.29) is 29.3 Å². The van der Waals surface area contributed by atoms with E-state index < -0.39 is 16.9 Å². The van der Waals surface area contributed by atoms with Gasteiger partial charge >= 0.3 is 6.16 Å². The average Bonchev–Trinajstić information content (AvgIpc) is 2.96. The Bertz CT molecular complexity index is 1310. The Labute approximate surface area is 224 Å². The molecule has 1 aromatic heterocycles. The second kappa shape index (κ2) is 12.0. The summed E-state index contributed by atoms with van der Waals surface area (Å²) in [6.45, 7) is 2.89. The van der Waals surface area contributed by atoms with Crippen LogP contribution in [0, 0.1) is 15.9 Å². The van der Waals surface area contributed by atoms with E-state index in [9.17, 15) is 19.3 Å². The van der Waals surface area contributed by atoms with Gasteiger partial charge in [0.15, 0.2) is 5.82 Å². The Morgan fingerprint density at radius 3 is 2.56 bits per heavy atom. The fourth-order valence-corrected chi connectivity index (χ4v) is 4.71. The number of nitro benzene ring substituents is 1. The van der Waals surface area contributed by atoms with Crippen LogP contribution in [0.25, 0.3) is 11.3 Å². The lowest BCUT2D eigenvalue weighted by atomic mass is 9.93. The highest BCUT2D eigenvalue weighted by atomic mass is 19.1. The second-order valence-electron chi connectivity index (χ2n) is 9.38. The van der Waals surface area contributed by atoms with E-state index in [0.29, 0.717) is 50.4 Å². The molecule has 11 nitrogen and oxygen atoms in total. The number of carbonyl (C=O) groups excluding carboxylic acids is 1. The Morgan fingerprint density at radius 1 is 1.10 bits per heavy atom. The molecule has 2 heterocycles. The van der Waals surface area contributed by atoms with Gasteiger partial charge in [0.05, 0.1) is 24.3 Å². The van der Waals surface area contributed by atoms with Crippen LogP contribution in [-0.4, -0.2) is 59.5 Å². The van der Waals surface area contributed by atoms with Gasteiger partial charge in [-0.3, -0.25) is 10.1 Å². The van der Waals surface area contributed by atoms with Crippen molar-refractivity contribution >= 4 is 23.5 Å². The van der Waals surface area contributed by atoms with Crippen molar-refractivity contribution in [3.8, 4) is 17.0 Å². The van der Waals surface area contributed by atoms with Crippen LogP contribution in [0.3, 0.4) is 0 Å². The quantitative estimate of drug-likeness (QED) is 0.191. The van der Waals surface area contributed by atoms with E-state index >= 15 is 0 Å². The van der Waals surface area contributed by atoms with Gasteiger partial charge < -0.3 is 24.4 Å². The molecular formula is C27H28FN5O6. The summed E-state index contributed by atoms with van der Waals surface area (Å²) in [5.74, 6) is 0.00846. The minimum absolute atomic E-state index is 0.0357. The zero-order chi connectivity index (χ0) is 27.2. The van der Waals surface area contributed by atoms with Crippen LogP contribution < -0.4 is 15.0 Å². The lowest BCUT2D eigenvalue weighted by molar-refractivity contribution is -0.384. The molecule has 5 rings (SSSR count). The maximum atomic E-state index is 14.7. The van der Waals surface area contributed by atoms with Crippen molar-refractivity contribution in [1.82, 2.24) is 9.97 Å². The van der Waals surface area contributed by atoms with Crippen molar-refractivity contribution in [3.63, 3.8) is 0 Å². The molecule has 1 saturated carbocycles. The number of nitro groups is 1. The van der Waals surface area contributed by atoms with E-state index in [2.05, 4.69) is 20.2 Å². The van der Waals surface area contributed by atoms with Crippen LogP contribution in [0.1, 0.15) is 25.7 Å². The van der Waals surface area contributed by atoms with Crippen molar-refractivity contribution in [3.05, 3.63) is 70.7 Å². The Balaban J connectivity index is 1.14. The van der Waals surface area contributed by atoms with Crippen LogP contribution in [0.5, 0.6) is 5.75 Å². The molecule has 1 aliphatic heterocycles. The molecule has 204 valence electrons. The lowest BCUT2D eigenvalue weighted by Crippen LogP contribution is -2.36. The minimum Gasteiger partial charge on any atom is -0.431 e. The third-order valence-electron chi connectivity index (χ3n) is 6.76. The van der Waals surface area contributed by atoms with Crippen molar-refractivity contribution in [2.45, 2.75) is 37.8 Å². The van der Waals surface area contributed by atoms with Crippen molar-refractivity contribution in [2.24, 2.45) is 0 Å². The van der Waals surface area contributed by atoms with Gasteiger partial charge in [0, 0.05) is 42.5 Å². The number of rotatable bonds is 7. The van der Waals surface area contributed by atoms with Crippen molar-refractivity contribution in [1.29, 1.82) is 0 Å². The van der Waals surface area contributed by atoms with Gasteiger partial charge in [0.2, 0.25) is 5.95 Å². The van der Waals surface area contributed by atoms with Gasteiger partial charge in [0.1, 0.15) is 17.5 Å². The molecule has 1 saturated heterocycles. The number of benzene rings is 2. The zero-order valence-corrected chi connectivity index (χ0v) is 21.1. The maximum absolute atomic E-state index is 14.7. The van der Waals surface area contributed by atoms with Gasteiger partial charge in [-0.1, -0.05) is 12.1 Å². The van der Waals surface area contributed by atoms with Crippen LogP contribution in [0.4, 0.5) is 26.5 Å². The topological polar surface area (TPSA) is 129 Å². The molecule has 0 amide bonds. The van der Waals surface area contributed by atoms with Crippen LogP contribution in [0.2, 0.25) is 0 Å². The number of non-ortho nitro benzene ring substituents is 1. The molecule has 39 heavy (non-hydrogen) atoms. The highest BCUT2D eigenvalue weighted by molar-refractivity contribution is 5.67. The first-order chi connectivity index (χ1) is 18.9. The van der Waals surface area contributed by atoms with Gasteiger partial charge in [-0.25, -0.2) is 19.2 Å². The molecule has 1 N–H and O–H groups in total. The fraction of sp³-hybridized carbons (Fsp3) is 0.370. The average molecular weight is 538 g/mol. The molecule has 2 aromatic carbocycles. The molecule has 2 fully saturated rings. The smallest absolute Gasteiger partial charge is 0.431 e. The predicted octanol–water partition coefficient (Wildman–Crippen LogP) is 4.97. The molecule has 0 bridgehead atoms. The van der Waals surface area contributed by atoms with Gasteiger partial charge in [0.25, 0.3) is 5.69 Å². The number of halogens is 1. The molecule has 0 radical (unpaired) electrons. The number of aromatic nitrogens is 2. The standard InChI is InChI=1S/C27H28FN5O6/c28-24-17-29-26(31-25(24)18-2-1-3-21(16-18)32-12-14-37-15-13-32)30-19-4-8-22(9-5-19)38-27(34)39-23-10-6-20(7-11-23)33(35)36/h1-3,6-7,10-11,16-17,19,22H,4-5,8-9,12-15H2,(H,29,30,31)/t19-,22-. The van der Waals surface area contributed by atoms with Gasteiger partial charge in [-0.05, 0) is 49.9 Å². The summed E-state index contributed by atoms with van der Waals surface area (Å²) in [6.07, 6.45) is 2.59. The summed E-state index contributed by atoms with van der Waals surface area (Å²) in [6, 6.07) is 12.9. The van der Waals surface area contributed by atoms with E-state index in [1.807, 2.05) is 24.3 Å². The lowest BCUT2D eigenvalue weighted by Gasteiger charge is -2.29. The SMILES string of the molecule is O=C(Oc1ccc([N+](=O)[O-])cc1)O[C@H]1CC[C@H](Nc2ncc(F)c(-c3cccc(N4CCOCC4)c3)n2)CC1. The summed E-state index contributed by atoms with van der Waals surface area (Å²) in [5, 5.41) is 14.0. The van der Waals surface area contributed by atoms with E-state index in [4.69, 9.17) is 14.2 Å². The third-order valence-corrected chi connectivity index (χ3v) is 6.76. The Kier molecular flexibility index (Phi) is 8.11. The van der Waals surface area contributed by atoms with Crippen LogP contribution in [0.15, 0.2) is 54.7 Å². The van der Waals surface area contributed by atoms with Crippen molar-refractivity contribution in [2.75, 3.05) is 36.5 Å². The molecular weight excluding hydrogens is 509 g/mol. The number of ether oxygens (including phenoxy) is 3. The van der Waals surface area contributed by atoms with E-state index in [1.54, 1.807) is 0 Å². The molecule has 12 heteroatoms. The number of anilines is 2. The third kappa shape index (κ3) is 6.77. The Morgan fingerprint density at radius 2 is 1.85 bits per heavy atom. The molecule has 2 aliphatic rings. The number of hydrogen-bond acceptors (Lipinski definition) is 10. The molecule has 3 aromatic rings. The number of nitrogens with one attached hydrogen (secondary N) is 1. The van der Waals surface area contributed by atoms with E-state index in [0.717, 1.165) is 18.8 Å². The molecule has 1 aliphatic carbocycles. The number of hydrogen-bond donors (Lipinski definition) is 1. The highest BCUT2D eigenvalue weighted by Crippen LogP contribution is 2.28. The first-order valence-corrected chi connectivity index (χ1v) is 12.8. The maximum Gasteiger partial charge on any atom is 0.514 e. The van der Waals surface area contributed by atoms with E-state index in [1.165, 1.54) is 30.5 Å². The highest BCUT2D eigenvalue weighted by Gasteiger charge is 2.26. The number of nitrogens with zero attached hydrogens (tertiary/aromatic N) is 4. The van der Waals surface area contributed by atoms with Crippen LogP contribution in [-0.2, 0) is 9.47 Å². The number of morpholine rings is 1. The summed E-state index contributed by atoms with van der Waals surface area (Å²) in [5.41, 5.74) is 1.80. The first kappa shape index (κ1) is 26.3. The Hall–Kier alpha value is -4.32. The zero-order valence-electron chi connectivity index (χ0n) is 21.1. The fourth-order valence-electron chi connectivity index (χ4n) is 4.71. The number of carbonyl (C=O) groups is 1. The van der Waals surface area contributed by atoms with Crippen LogP contribution >= 0.6 is 0 Å². The summed E-state index contributed by atoms with van der Waals surface area (Å²) in [7, 11) is 0. The second-order valence-corrected chi connectivity index (χ2v) is 9.38. The molecule has 0 atom stereocenters. The summed E-state index contributed by atoms with van der Waals surface area (Å²) >= 11 is 0. The monoisotopic (exact) mass is 537 g/mol. The summed E-state index contributed by atoms with van der Waals surface area (Å²) in [4.78, 5) is 33.2. The first-order valence-electron chi connectivity index (χ1n) is 12.8. The minimum atomic E-state index is -0.855. The summed E-state index contributed by atoms with van der Waals surface area (Å²) < 4.78 is 30.7. The van der Waals surface area contributed by atoms with Gasteiger partial charge in [-0.2, -0.15) is 0 Å².